The van der Waals surface area contributed by atoms with Crippen molar-refractivity contribution in [2.75, 3.05) is 11.1 Å². The van der Waals surface area contributed by atoms with Gasteiger partial charge in [-0.3, -0.25) is 14.3 Å². The van der Waals surface area contributed by atoms with Crippen molar-refractivity contribution in [2.45, 2.75) is 12.1 Å². The second-order valence-electron chi connectivity index (χ2n) is 6.42. The zero-order chi connectivity index (χ0) is 20.1. The molecule has 0 bridgehead atoms. The van der Waals surface area contributed by atoms with E-state index in [1.54, 1.807) is 12.4 Å². The van der Waals surface area contributed by atoms with E-state index in [1.165, 1.54) is 11.8 Å². The summed E-state index contributed by atoms with van der Waals surface area (Å²) in [6.07, 6.45) is 3.45. The van der Waals surface area contributed by atoms with Crippen molar-refractivity contribution in [3.63, 3.8) is 0 Å². The van der Waals surface area contributed by atoms with E-state index in [0.717, 1.165) is 22.5 Å². The number of hydrogen-bond donors (Lipinski definition) is 1. The zero-order valence-electron chi connectivity index (χ0n) is 15.8. The number of aromatic nitrogens is 4. The lowest BCUT2D eigenvalue weighted by Crippen LogP contribution is -2.14. The molecule has 0 spiro atoms. The van der Waals surface area contributed by atoms with Crippen LogP contribution in [0, 0.1) is 6.92 Å². The number of amides is 1. The fraction of sp³-hybridized carbons (Fsp3) is 0.0909. The predicted molar refractivity (Wildman–Crippen MR) is 115 cm³/mol. The Morgan fingerprint density at radius 3 is 2.55 bits per heavy atom. The summed E-state index contributed by atoms with van der Waals surface area (Å²) in [6, 6.07) is 21.4. The Bertz CT molecular complexity index is 1110. The molecule has 0 saturated carbocycles. The molecule has 6 nitrogen and oxygen atoms in total. The molecule has 4 aromatic rings. The monoisotopic (exact) mass is 401 g/mol. The van der Waals surface area contributed by atoms with Crippen LogP contribution in [-0.2, 0) is 4.79 Å². The Kier molecular flexibility index (Phi) is 5.67. The first-order chi connectivity index (χ1) is 14.2. The number of aryl methyl sites for hydroxylation is 1. The van der Waals surface area contributed by atoms with Crippen LogP contribution in [0.1, 0.15) is 5.56 Å². The van der Waals surface area contributed by atoms with Crippen LogP contribution in [0.25, 0.3) is 17.1 Å². The standard InChI is InChI=1S/C22H19N5OS/c1-16-6-5-7-18(14-16)24-20(28)15-29-22-26-25-21(17-10-12-23-13-11-17)27(22)19-8-3-2-4-9-19/h2-14H,15H2,1H3,(H,24,28). The van der Waals surface area contributed by atoms with Crippen molar-refractivity contribution in [1.29, 1.82) is 0 Å². The molecule has 0 atom stereocenters. The minimum Gasteiger partial charge on any atom is -0.325 e. The van der Waals surface area contributed by atoms with Crippen LogP contribution in [0.4, 0.5) is 5.69 Å². The lowest BCUT2D eigenvalue weighted by atomic mass is 10.2. The second-order valence-corrected chi connectivity index (χ2v) is 7.36. The molecular weight excluding hydrogens is 382 g/mol. The van der Waals surface area contributed by atoms with Gasteiger partial charge < -0.3 is 5.32 Å². The van der Waals surface area contributed by atoms with E-state index < -0.39 is 0 Å². The summed E-state index contributed by atoms with van der Waals surface area (Å²) >= 11 is 1.35. The predicted octanol–water partition coefficient (Wildman–Crippen LogP) is 4.37. The molecule has 1 amide bonds. The minimum absolute atomic E-state index is 0.0892. The van der Waals surface area contributed by atoms with Gasteiger partial charge in [-0.25, -0.2) is 0 Å². The Balaban J connectivity index is 1.57. The highest BCUT2D eigenvalue weighted by molar-refractivity contribution is 7.99. The SMILES string of the molecule is Cc1cccc(NC(=O)CSc2nnc(-c3ccncc3)n2-c2ccccc2)c1. The largest absolute Gasteiger partial charge is 0.325 e. The number of pyridine rings is 1. The van der Waals surface area contributed by atoms with E-state index in [4.69, 9.17) is 0 Å². The summed E-state index contributed by atoms with van der Waals surface area (Å²) in [6.45, 7) is 1.99. The molecule has 0 fully saturated rings. The van der Waals surface area contributed by atoms with Gasteiger partial charge in [0.25, 0.3) is 0 Å². The normalized spacial score (nSPS) is 10.7. The quantitative estimate of drug-likeness (QED) is 0.486. The highest BCUT2D eigenvalue weighted by atomic mass is 32.2. The van der Waals surface area contributed by atoms with Gasteiger partial charge in [0.05, 0.1) is 5.75 Å². The number of para-hydroxylation sites is 1. The van der Waals surface area contributed by atoms with E-state index in [0.29, 0.717) is 11.0 Å². The third kappa shape index (κ3) is 4.52. The fourth-order valence-electron chi connectivity index (χ4n) is 2.91. The number of rotatable bonds is 6. The first-order valence-corrected chi connectivity index (χ1v) is 10.1. The molecule has 0 saturated heterocycles. The highest BCUT2D eigenvalue weighted by Gasteiger charge is 2.17. The highest BCUT2D eigenvalue weighted by Crippen LogP contribution is 2.27. The maximum Gasteiger partial charge on any atom is 0.234 e. The number of nitrogens with one attached hydrogen (secondary N) is 1. The number of carbonyl (C=O) groups is 1. The molecule has 0 radical (unpaired) electrons. The van der Waals surface area contributed by atoms with Crippen LogP contribution in [0.3, 0.4) is 0 Å². The molecule has 2 aromatic carbocycles. The summed E-state index contributed by atoms with van der Waals surface area (Å²) < 4.78 is 1.96. The molecule has 2 heterocycles. The Hall–Kier alpha value is -3.45. The maximum absolute atomic E-state index is 12.4. The number of nitrogens with zero attached hydrogens (tertiary/aromatic N) is 4. The van der Waals surface area contributed by atoms with Crippen LogP contribution in [0.5, 0.6) is 0 Å². The summed E-state index contributed by atoms with van der Waals surface area (Å²) in [5, 5.41) is 12.3. The van der Waals surface area contributed by atoms with E-state index in [9.17, 15) is 4.79 Å². The van der Waals surface area contributed by atoms with Crippen molar-refractivity contribution in [3.8, 4) is 17.1 Å². The average Bonchev–Trinajstić information content (AvgIpc) is 3.17. The van der Waals surface area contributed by atoms with E-state index in [2.05, 4.69) is 20.5 Å². The van der Waals surface area contributed by atoms with Gasteiger partial charge in [-0.15, -0.1) is 10.2 Å². The van der Waals surface area contributed by atoms with Gasteiger partial charge in [0.2, 0.25) is 5.91 Å². The molecule has 0 unspecified atom stereocenters. The topological polar surface area (TPSA) is 72.7 Å². The van der Waals surface area contributed by atoms with Crippen LogP contribution < -0.4 is 5.32 Å². The minimum atomic E-state index is -0.0892. The van der Waals surface area contributed by atoms with Crippen molar-refractivity contribution < 1.29 is 4.79 Å². The smallest absolute Gasteiger partial charge is 0.234 e. The van der Waals surface area contributed by atoms with E-state index in [-0.39, 0.29) is 11.7 Å². The first-order valence-electron chi connectivity index (χ1n) is 9.11. The molecule has 2 aromatic heterocycles. The third-order valence-corrected chi connectivity index (χ3v) is 5.15. The van der Waals surface area contributed by atoms with Crippen LogP contribution in [0.15, 0.2) is 84.3 Å². The van der Waals surface area contributed by atoms with E-state index >= 15 is 0 Å². The number of hydrogen-bond acceptors (Lipinski definition) is 5. The first kappa shape index (κ1) is 18.9. The van der Waals surface area contributed by atoms with Gasteiger partial charge in [0.1, 0.15) is 0 Å². The van der Waals surface area contributed by atoms with Crippen molar-refractivity contribution >= 4 is 23.4 Å². The molecule has 4 rings (SSSR count). The average molecular weight is 401 g/mol. The van der Waals surface area contributed by atoms with Crippen molar-refractivity contribution in [1.82, 2.24) is 19.7 Å². The summed E-state index contributed by atoms with van der Waals surface area (Å²) in [7, 11) is 0. The number of anilines is 1. The van der Waals surface area contributed by atoms with Gasteiger partial charge in [-0.05, 0) is 48.9 Å². The zero-order valence-corrected chi connectivity index (χ0v) is 16.6. The molecule has 0 aliphatic carbocycles. The maximum atomic E-state index is 12.4. The van der Waals surface area contributed by atoms with Crippen LogP contribution >= 0.6 is 11.8 Å². The van der Waals surface area contributed by atoms with Crippen molar-refractivity contribution in [3.05, 3.63) is 84.7 Å². The molecule has 0 aliphatic heterocycles. The molecular formula is C22H19N5OS. The van der Waals surface area contributed by atoms with Gasteiger partial charge in [-0.1, -0.05) is 42.1 Å². The second kappa shape index (κ2) is 8.70. The Labute approximate surface area is 173 Å². The number of thioether (sulfide) groups is 1. The molecule has 144 valence electrons. The summed E-state index contributed by atoms with van der Waals surface area (Å²) in [5.41, 5.74) is 3.73. The van der Waals surface area contributed by atoms with Gasteiger partial charge in [0.15, 0.2) is 11.0 Å². The van der Waals surface area contributed by atoms with Crippen LogP contribution in [-0.4, -0.2) is 31.4 Å². The molecule has 7 heteroatoms. The molecule has 29 heavy (non-hydrogen) atoms. The summed E-state index contributed by atoms with van der Waals surface area (Å²) in [5.74, 6) is 0.851. The molecule has 1 N–H and O–H groups in total. The van der Waals surface area contributed by atoms with Crippen LogP contribution in [0.2, 0.25) is 0 Å². The lowest BCUT2D eigenvalue weighted by molar-refractivity contribution is -0.113. The van der Waals surface area contributed by atoms with Gasteiger partial charge in [0, 0.05) is 29.3 Å². The summed E-state index contributed by atoms with van der Waals surface area (Å²) in [4.78, 5) is 16.5. The fourth-order valence-corrected chi connectivity index (χ4v) is 3.66. The molecule has 0 aliphatic rings. The van der Waals surface area contributed by atoms with E-state index in [1.807, 2.05) is 78.2 Å². The lowest BCUT2D eigenvalue weighted by Gasteiger charge is -2.10. The Morgan fingerprint density at radius 1 is 1.00 bits per heavy atom. The number of carbonyl (C=O) groups excluding carboxylic acids is 1. The van der Waals surface area contributed by atoms with Gasteiger partial charge >= 0.3 is 0 Å². The van der Waals surface area contributed by atoms with Crippen molar-refractivity contribution in [2.24, 2.45) is 0 Å². The van der Waals surface area contributed by atoms with Gasteiger partial charge in [-0.2, -0.15) is 0 Å². The number of benzene rings is 2. The third-order valence-electron chi connectivity index (χ3n) is 4.22. The Morgan fingerprint density at radius 2 is 1.79 bits per heavy atom.